The Morgan fingerprint density at radius 1 is 1.27 bits per heavy atom. The van der Waals surface area contributed by atoms with Crippen LogP contribution in [0.15, 0.2) is 12.1 Å². The quantitative estimate of drug-likeness (QED) is 0.764. The van der Waals surface area contributed by atoms with Crippen molar-refractivity contribution in [2.45, 2.75) is 4.87 Å². The molecule has 0 saturated carbocycles. The number of hydrogen-bond acceptors (Lipinski definition) is 2. The molecule has 0 atom stereocenters. The number of rotatable bonds is 2. The summed E-state index contributed by atoms with van der Waals surface area (Å²) < 4.78 is 10.1. The molecule has 0 bridgehead atoms. The molecule has 0 radical (unpaired) electrons. The van der Waals surface area contributed by atoms with Gasteiger partial charge in [0.1, 0.15) is 10.6 Å². The molecule has 0 aromatic heterocycles. The van der Waals surface area contributed by atoms with E-state index in [9.17, 15) is 0 Å². The largest absolute Gasteiger partial charge is 0.495 e. The van der Waals surface area contributed by atoms with Crippen LogP contribution in [0.2, 0.25) is 10.0 Å². The summed E-state index contributed by atoms with van der Waals surface area (Å²) in [5.41, 5.74) is 0.794. The van der Waals surface area contributed by atoms with Gasteiger partial charge in [-0.1, -0.05) is 23.2 Å². The Balaban J connectivity index is 2.45. The lowest BCUT2D eigenvalue weighted by atomic mass is 9.96. The molecule has 1 saturated heterocycles. The molecule has 1 aliphatic rings. The average molecular weight is 268 g/mol. The van der Waals surface area contributed by atoms with Gasteiger partial charge in [0.15, 0.2) is 0 Å². The van der Waals surface area contributed by atoms with Gasteiger partial charge in [-0.25, -0.2) is 0 Å². The lowest BCUT2D eigenvalue weighted by Gasteiger charge is -2.36. The van der Waals surface area contributed by atoms with Crippen LogP contribution in [0.1, 0.15) is 5.56 Å². The Hall–Kier alpha value is -0.150. The highest BCUT2D eigenvalue weighted by atomic mass is 35.5. The van der Waals surface area contributed by atoms with Gasteiger partial charge in [0.25, 0.3) is 0 Å². The van der Waals surface area contributed by atoms with Crippen LogP contribution < -0.4 is 4.74 Å². The number of benzene rings is 1. The van der Waals surface area contributed by atoms with Crippen molar-refractivity contribution in [2.75, 3.05) is 20.3 Å². The van der Waals surface area contributed by atoms with Crippen molar-refractivity contribution >= 4 is 34.8 Å². The van der Waals surface area contributed by atoms with E-state index in [1.54, 1.807) is 19.2 Å². The number of halogens is 3. The summed E-state index contributed by atoms with van der Waals surface area (Å²) in [5, 5.41) is 1.05. The fourth-order valence-corrected chi connectivity index (χ4v) is 2.40. The highest BCUT2D eigenvalue weighted by Crippen LogP contribution is 2.43. The summed E-state index contributed by atoms with van der Waals surface area (Å²) in [6.07, 6.45) is 0. The van der Waals surface area contributed by atoms with E-state index in [0.29, 0.717) is 29.0 Å². The molecule has 5 heteroatoms. The number of ether oxygens (including phenoxy) is 2. The maximum atomic E-state index is 6.30. The van der Waals surface area contributed by atoms with E-state index in [-0.39, 0.29) is 0 Å². The van der Waals surface area contributed by atoms with Crippen LogP contribution in [-0.2, 0) is 9.61 Å². The molecule has 0 spiro atoms. The van der Waals surface area contributed by atoms with Crippen molar-refractivity contribution in [3.63, 3.8) is 0 Å². The van der Waals surface area contributed by atoms with Crippen LogP contribution in [0, 0.1) is 0 Å². The van der Waals surface area contributed by atoms with Crippen molar-refractivity contribution in [3.05, 3.63) is 27.7 Å². The third-order valence-corrected chi connectivity index (χ3v) is 3.42. The van der Waals surface area contributed by atoms with Gasteiger partial charge in [-0.2, -0.15) is 0 Å². The molecule has 2 nitrogen and oxygen atoms in total. The Labute approximate surface area is 103 Å². The van der Waals surface area contributed by atoms with Gasteiger partial charge >= 0.3 is 0 Å². The van der Waals surface area contributed by atoms with Gasteiger partial charge in [-0.3, -0.25) is 0 Å². The Morgan fingerprint density at radius 2 is 1.93 bits per heavy atom. The Kier molecular flexibility index (Phi) is 3.04. The van der Waals surface area contributed by atoms with E-state index in [2.05, 4.69) is 0 Å². The Morgan fingerprint density at radius 3 is 2.40 bits per heavy atom. The minimum atomic E-state index is -0.535. The van der Waals surface area contributed by atoms with Gasteiger partial charge in [0, 0.05) is 11.1 Å². The van der Waals surface area contributed by atoms with Gasteiger partial charge in [0.05, 0.1) is 25.3 Å². The van der Waals surface area contributed by atoms with Crippen molar-refractivity contribution < 1.29 is 9.47 Å². The zero-order valence-electron chi connectivity index (χ0n) is 8.02. The zero-order chi connectivity index (χ0) is 11.1. The predicted molar refractivity (Wildman–Crippen MR) is 61.4 cm³/mol. The van der Waals surface area contributed by atoms with Gasteiger partial charge < -0.3 is 9.47 Å². The zero-order valence-corrected chi connectivity index (χ0v) is 10.3. The summed E-state index contributed by atoms with van der Waals surface area (Å²) in [7, 11) is 1.54. The average Bonchev–Trinajstić information content (AvgIpc) is 2.17. The van der Waals surface area contributed by atoms with Crippen LogP contribution in [-0.4, -0.2) is 20.3 Å². The molecule has 15 heavy (non-hydrogen) atoms. The second kappa shape index (κ2) is 4.02. The first-order valence-corrected chi connectivity index (χ1v) is 5.50. The monoisotopic (exact) mass is 266 g/mol. The van der Waals surface area contributed by atoms with E-state index >= 15 is 0 Å². The molecule has 1 aromatic rings. The molecular weight excluding hydrogens is 258 g/mol. The number of alkyl halides is 1. The molecule has 82 valence electrons. The topological polar surface area (TPSA) is 18.5 Å². The van der Waals surface area contributed by atoms with Gasteiger partial charge in [-0.05, 0) is 11.6 Å². The van der Waals surface area contributed by atoms with Crippen LogP contribution in [0.4, 0.5) is 0 Å². The first kappa shape index (κ1) is 11.3. The molecule has 1 fully saturated rings. The smallest absolute Gasteiger partial charge is 0.138 e. The Bertz CT molecular complexity index is 388. The lowest BCUT2D eigenvalue weighted by Crippen LogP contribution is -2.41. The highest BCUT2D eigenvalue weighted by molar-refractivity contribution is 6.36. The fourth-order valence-electron chi connectivity index (χ4n) is 1.47. The molecular formula is C10H9Cl3O2. The minimum absolute atomic E-state index is 0.455. The van der Waals surface area contributed by atoms with Crippen molar-refractivity contribution in [3.8, 4) is 5.75 Å². The maximum Gasteiger partial charge on any atom is 0.138 e. The standard InChI is InChI=1S/C10H9Cl3O2/c1-14-9-3-7(11)6(2-8(9)12)10(13)4-15-5-10/h2-3H,4-5H2,1H3. The molecule has 0 aliphatic carbocycles. The summed E-state index contributed by atoms with van der Waals surface area (Å²) in [4.78, 5) is -0.535. The van der Waals surface area contributed by atoms with E-state index in [1.165, 1.54) is 0 Å². The molecule has 0 amide bonds. The third kappa shape index (κ3) is 1.92. The van der Waals surface area contributed by atoms with Crippen LogP contribution in [0.3, 0.4) is 0 Å². The first-order chi connectivity index (χ1) is 7.07. The first-order valence-electron chi connectivity index (χ1n) is 4.37. The van der Waals surface area contributed by atoms with Gasteiger partial charge in [-0.15, -0.1) is 11.6 Å². The molecule has 1 aromatic carbocycles. The number of methoxy groups -OCH3 is 1. The second-order valence-electron chi connectivity index (χ2n) is 3.42. The van der Waals surface area contributed by atoms with Crippen LogP contribution >= 0.6 is 34.8 Å². The lowest BCUT2D eigenvalue weighted by molar-refractivity contribution is -0.0151. The molecule has 1 aliphatic heterocycles. The number of hydrogen-bond donors (Lipinski definition) is 0. The third-order valence-electron chi connectivity index (χ3n) is 2.39. The fraction of sp³-hybridized carbons (Fsp3) is 0.400. The van der Waals surface area contributed by atoms with Crippen molar-refractivity contribution in [1.82, 2.24) is 0 Å². The van der Waals surface area contributed by atoms with E-state index in [4.69, 9.17) is 44.3 Å². The SMILES string of the molecule is COc1cc(Cl)c(C2(Cl)COC2)cc1Cl. The molecule has 2 rings (SSSR count). The maximum absolute atomic E-state index is 6.30. The van der Waals surface area contributed by atoms with E-state index in [0.717, 1.165) is 5.56 Å². The van der Waals surface area contributed by atoms with E-state index < -0.39 is 4.87 Å². The summed E-state index contributed by atoms with van der Waals surface area (Å²) in [6, 6.07) is 3.40. The minimum Gasteiger partial charge on any atom is -0.495 e. The van der Waals surface area contributed by atoms with Crippen molar-refractivity contribution in [2.24, 2.45) is 0 Å². The second-order valence-corrected chi connectivity index (χ2v) is 4.96. The molecule has 0 N–H and O–H groups in total. The van der Waals surface area contributed by atoms with E-state index in [1.807, 2.05) is 0 Å². The normalized spacial score (nSPS) is 18.4. The summed E-state index contributed by atoms with van der Waals surface area (Å²) >= 11 is 18.4. The summed E-state index contributed by atoms with van der Waals surface area (Å²) in [5.74, 6) is 0.547. The highest BCUT2D eigenvalue weighted by Gasteiger charge is 2.40. The van der Waals surface area contributed by atoms with Crippen LogP contribution in [0.25, 0.3) is 0 Å². The summed E-state index contributed by atoms with van der Waals surface area (Å²) in [6.45, 7) is 0.911. The van der Waals surface area contributed by atoms with Crippen LogP contribution in [0.5, 0.6) is 5.75 Å². The van der Waals surface area contributed by atoms with Crippen molar-refractivity contribution in [1.29, 1.82) is 0 Å². The molecule has 0 unspecified atom stereocenters. The molecule has 1 heterocycles. The predicted octanol–water partition coefficient (Wildman–Crippen LogP) is 3.47. The van der Waals surface area contributed by atoms with Gasteiger partial charge in [0.2, 0.25) is 0 Å².